The van der Waals surface area contributed by atoms with Gasteiger partial charge in [0.05, 0.1) is 12.1 Å². The Morgan fingerprint density at radius 1 is 1.05 bits per heavy atom. The highest BCUT2D eigenvalue weighted by Gasteiger charge is 2.46. The van der Waals surface area contributed by atoms with Gasteiger partial charge in [0.15, 0.2) is 5.78 Å². The topological polar surface area (TPSA) is 119 Å². The number of nitrogens with zero attached hydrogens (tertiary/aromatic N) is 2. The second-order valence-electron chi connectivity index (χ2n) is 14.1. The van der Waals surface area contributed by atoms with E-state index < -0.39 is 41.2 Å². The van der Waals surface area contributed by atoms with Gasteiger partial charge in [-0.3, -0.25) is 14.4 Å². The zero-order chi connectivity index (χ0) is 28.5. The van der Waals surface area contributed by atoms with E-state index in [0.29, 0.717) is 25.8 Å². The molecule has 4 amide bonds. The van der Waals surface area contributed by atoms with Crippen LogP contribution in [-0.4, -0.2) is 76.0 Å². The number of aliphatic hydroxyl groups is 1. The van der Waals surface area contributed by atoms with Crippen LogP contribution in [0.15, 0.2) is 0 Å². The molecule has 3 fully saturated rings. The predicted molar refractivity (Wildman–Crippen MR) is 146 cm³/mol. The van der Waals surface area contributed by atoms with E-state index >= 15 is 0 Å². The Balaban J connectivity index is 1.79. The second-order valence-corrected chi connectivity index (χ2v) is 14.1. The van der Waals surface area contributed by atoms with Crippen LogP contribution in [0.1, 0.15) is 106 Å². The summed E-state index contributed by atoms with van der Waals surface area (Å²) >= 11 is 0. The van der Waals surface area contributed by atoms with Crippen molar-refractivity contribution in [2.24, 2.45) is 16.2 Å². The van der Waals surface area contributed by atoms with Crippen molar-refractivity contribution in [2.45, 2.75) is 131 Å². The van der Waals surface area contributed by atoms with Gasteiger partial charge in [-0.2, -0.15) is 0 Å². The zero-order valence-corrected chi connectivity index (χ0v) is 24.6. The molecule has 1 aliphatic carbocycles. The SMILES string of the molecule is CC(=O)[C@@H]1CCCN1C(=O)[C@@H](NC(=O)N[C@H](CN1C(=O)CC(C)(C)CC1O)C(C)(C)C)C1(C)CCCCC1. The Kier molecular flexibility index (Phi) is 9.21. The number of nitrogens with one attached hydrogen (secondary N) is 2. The molecule has 1 saturated carbocycles. The van der Waals surface area contributed by atoms with Crippen molar-refractivity contribution in [3.63, 3.8) is 0 Å². The van der Waals surface area contributed by atoms with E-state index in [0.717, 1.165) is 38.5 Å². The largest absolute Gasteiger partial charge is 0.374 e. The second kappa shape index (κ2) is 11.5. The van der Waals surface area contributed by atoms with Gasteiger partial charge in [0.25, 0.3) is 0 Å². The van der Waals surface area contributed by atoms with Gasteiger partial charge < -0.3 is 25.5 Å². The van der Waals surface area contributed by atoms with Gasteiger partial charge in [-0.25, -0.2) is 4.79 Å². The number of aliphatic hydroxyl groups excluding tert-OH is 1. The number of ketones is 1. The van der Waals surface area contributed by atoms with Gasteiger partial charge in [-0.1, -0.05) is 60.8 Å². The molecule has 0 aromatic heterocycles. The van der Waals surface area contributed by atoms with E-state index in [1.165, 1.54) is 11.8 Å². The maximum atomic E-state index is 13.9. The van der Waals surface area contributed by atoms with E-state index in [4.69, 9.17) is 0 Å². The van der Waals surface area contributed by atoms with Crippen molar-refractivity contribution in [3.05, 3.63) is 0 Å². The van der Waals surface area contributed by atoms with Crippen molar-refractivity contribution >= 4 is 23.6 Å². The number of carbonyl (C=O) groups excluding carboxylic acids is 4. The summed E-state index contributed by atoms with van der Waals surface area (Å²) in [4.78, 5) is 55.7. The molecule has 1 unspecified atom stereocenters. The standard InChI is InChI=1S/C29H50N4O5/c1-19(34)20-12-11-15-32(20)25(37)24(29(7)13-9-8-10-14-29)31-26(38)30-21(27(2,3)4)18-33-22(35)16-28(5,6)17-23(33)36/h20-22,24,35H,8-18H2,1-7H3,(H2,30,31,38)/t20-,21+,22?,24+/m0/s1. The van der Waals surface area contributed by atoms with Gasteiger partial charge in [0.2, 0.25) is 11.8 Å². The molecule has 0 bridgehead atoms. The quantitative estimate of drug-likeness (QED) is 0.461. The Bertz CT molecular complexity index is 905. The summed E-state index contributed by atoms with van der Waals surface area (Å²) < 4.78 is 0. The minimum Gasteiger partial charge on any atom is -0.374 e. The molecule has 2 heterocycles. The smallest absolute Gasteiger partial charge is 0.315 e. The molecular formula is C29H50N4O5. The third-order valence-electron chi connectivity index (χ3n) is 9.00. The molecule has 0 aromatic rings. The third kappa shape index (κ3) is 7.07. The molecule has 3 N–H and O–H groups in total. The molecule has 2 saturated heterocycles. The summed E-state index contributed by atoms with van der Waals surface area (Å²) in [5.74, 6) is -0.329. The number of Topliss-reactive ketones (excluding diaryl/α,β-unsaturated/α-hetero) is 1. The van der Waals surface area contributed by atoms with Gasteiger partial charge in [-0.15, -0.1) is 0 Å². The van der Waals surface area contributed by atoms with Gasteiger partial charge in [0, 0.05) is 19.5 Å². The molecule has 0 spiro atoms. The molecule has 3 aliphatic rings. The Labute approximate surface area is 228 Å². The van der Waals surface area contributed by atoms with Crippen molar-refractivity contribution < 1.29 is 24.3 Å². The lowest BCUT2D eigenvalue weighted by Crippen LogP contribution is -2.63. The highest BCUT2D eigenvalue weighted by atomic mass is 16.3. The number of piperidine rings is 1. The van der Waals surface area contributed by atoms with E-state index in [2.05, 4.69) is 17.6 Å². The van der Waals surface area contributed by atoms with E-state index in [-0.39, 0.29) is 29.6 Å². The van der Waals surface area contributed by atoms with Crippen LogP contribution in [0.25, 0.3) is 0 Å². The average molecular weight is 535 g/mol. The summed E-state index contributed by atoms with van der Waals surface area (Å²) in [7, 11) is 0. The first-order chi connectivity index (χ1) is 17.5. The maximum Gasteiger partial charge on any atom is 0.315 e. The highest BCUT2D eigenvalue weighted by Crippen LogP contribution is 2.40. The van der Waals surface area contributed by atoms with Crippen molar-refractivity contribution in [1.82, 2.24) is 20.4 Å². The summed E-state index contributed by atoms with van der Waals surface area (Å²) in [6.07, 6.45) is 6.11. The number of rotatable bonds is 7. The van der Waals surface area contributed by atoms with E-state index in [9.17, 15) is 24.3 Å². The third-order valence-corrected chi connectivity index (χ3v) is 9.00. The zero-order valence-electron chi connectivity index (χ0n) is 24.6. The van der Waals surface area contributed by atoms with Crippen LogP contribution in [0, 0.1) is 16.2 Å². The molecule has 0 radical (unpaired) electrons. The molecule has 4 atom stereocenters. The molecule has 9 nitrogen and oxygen atoms in total. The number of hydrogen-bond donors (Lipinski definition) is 3. The van der Waals surface area contributed by atoms with Gasteiger partial charge >= 0.3 is 6.03 Å². The molecular weight excluding hydrogens is 484 g/mol. The van der Waals surface area contributed by atoms with Crippen LogP contribution >= 0.6 is 0 Å². The summed E-state index contributed by atoms with van der Waals surface area (Å²) in [6.45, 7) is 14.2. The summed E-state index contributed by atoms with van der Waals surface area (Å²) in [6, 6.07) is -2.09. The highest BCUT2D eigenvalue weighted by molar-refractivity contribution is 5.93. The number of likely N-dealkylation sites (tertiary alicyclic amines) is 2. The van der Waals surface area contributed by atoms with Crippen molar-refractivity contribution in [2.75, 3.05) is 13.1 Å². The van der Waals surface area contributed by atoms with Crippen LogP contribution < -0.4 is 10.6 Å². The van der Waals surface area contributed by atoms with Crippen LogP contribution in [0.4, 0.5) is 4.79 Å². The number of urea groups is 1. The monoisotopic (exact) mass is 534 g/mol. The average Bonchev–Trinajstić information content (AvgIpc) is 3.28. The van der Waals surface area contributed by atoms with Crippen molar-refractivity contribution in [1.29, 1.82) is 0 Å². The van der Waals surface area contributed by atoms with Crippen LogP contribution in [-0.2, 0) is 14.4 Å². The van der Waals surface area contributed by atoms with E-state index in [1.807, 2.05) is 34.6 Å². The fourth-order valence-corrected chi connectivity index (χ4v) is 6.44. The summed E-state index contributed by atoms with van der Waals surface area (Å²) in [5, 5.41) is 16.8. The molecule has 38 heavy (non-hydrogen) atoms. The minimum absolute atomic E-state index is 0.0198. The van der Waals surface area contributed by atoms with Crippen LogP contribution in [0.2, 0.25) is 0 Å². The molecule has 216 valence electrons. The Morgan fingerprint density at radius 3 is 2.24 bits per heavy atom. The fourth-order valence-electron chi connectivity index (χ4n) is 6.44. The first-order valence-electron chi connectivity index (χ1n) is 14.4. The first-order valence-corrected chi connectivity index (χ1v) is 14.4. The summed E-state index contributed by atoms with van der Waals surface area (Å²) in [5.41, 5.74) is -1.09. The Hall–Kier alpha value is -2.16. The predicted octanol–water partition coefficient (Wildman–Crippen LogP) is 3.59. The molecule has 0 aromatic carbocycles. The lowest BCUT2D eigenvalue weighted by atomic mass is 9.70. The van der Waals surface area contributed by atoms with Gasteiger partial charge in [-0.05, 0) is 55.3 Å². The molecule has 3 rings (SSSR count). The number of carbonyl (C=O) groups is 4. The molecule has 2 aliphatic heterocycles. The van der Waals surface area contributed by atoms with E-state index in [1.54, 1.807) is 4.90 Å². The maximum absolute atomic E-state index is 13.9. The lowest BCUT2D eigenvalue weighted by Gasteiger charge is -2.44. The first kappa shape index (κ1) is 30.4. The number of hydrogen-bond acceptors (Lipinski definition) is 5. The number of amides is 4. The van der Waals surface area contributed by atoms with Crippen LogP contribution in [0.3, 0.4) is 0 Å². The molecule has 9 heteroatoms. The lowest BCUT2D eigenvalue weighted by molar-refractivity contribution is -0.155. The van der Waals surface area contributed by atoms with Crippen LogP contribution in [0.5, 0.6) is 0 Å². The van der Waals surface area contributed by atoms with Crippen molar-refractivity contribution in [3.8, 4) is 0 Å². The normalized spacial score (nSPS) is 27.0. The van der Waals surface area contributed by atoms with Gasteiger partial charge in [0.1, 0.15) is 12.3 Å². The fraction of sp³-hybridized carbons (Fsp3) is 0.862. The Morgan fingerprint density at radius 2 is 1.68 bits per heavy atom. The minimum atomic E-state index is -0.907.